The number of carbonyl (C=O) groups excluding carboxylic acids is 4. The van der Waals surface area contributed by atoms with Gasteiger partial charge >= 0.3 is 12.1 Å². The van der Waals surface area contributed by atoms with Gasteiger partial charge in [0.1, 0.15) is 5.60 Å². The van der Waals surface area contributed by atoms with E-state index in [1.54, 1.807) is 32.9 Å². The van der Waals surface area contributed by atoms with Gasteiger partial charge in [0.15, 0.2) is 5.54 Å². The summed E-state index contributed by atoms with van der Waals surface area (Å²) in [5.41, 5.74) is -2.02. The summed E-state index contributed by atoms with van der Waals surface area (Å²) >= 11 is 0. The van der Waals surface area contributed by atoms with Gasteiger partial charge in [0.25, 0.3) is 11.8 Å². The molecule has 1 saturated heterocycles. The van der Waals surface area contributed by atoms with Crippen molar-refractivity contribution in [2.75, 3.05) is 13.2 Å². The van der Waals surface area contributed by atoms with E-state index in [9.17, 15) is 19.2 Å². The molecule has 27 heavy (non-hydrogen) atoms. The van der Waals surface area contributed by atoms with Crippen molar-refractivity contribution in [3.8, 4) is 0 Å². The molecule has 2 heterocycles. The van der Waals surface area contributed by atoms with Crippen LogP contribution in [0.25, 0.3) is 0 Å². The average molecular weight is 376 g/mol. The molecule has 3 amide bonds. The topological polar surface area (TPSA) is 111 Å². The minimum absolute atomic E-state index is 0.119. The molecule has 1 atom stereocenters. The van der Waals surface area contributed by atoms with Crippen LogP contribution in [0.2, 0.25) is 0 Å². The monoisotopic (exact) mass is 376 g/mol. The number of ether oxygens (including phenoxy) is 2. The van der Waals surface area contributed by atoms with E-state index >= 15 is 0 Å². The molecule has 0 bridgehead atoms. The number of benzene rings is 1. The van der Waals surface area contributed by atoms with Crippen molar-refractivity contribution in [1.82, 2.24) is 10.4 Å². The van der Waals surface area contributed by atoms with Gasteiger partial charge in [-0.2, -0.15) is 0 Å². The van der Waals surface area contributed by atoms with Crippen LogP contribution in [0.4, 0.5) is 4.79 Å². The highest BCUT2D eigenvalue weighted by molar-refractivity contribution is 6.21. The molecule has 0 spiro atoms. The van der Waals surface area contributed by atoms with Crippen LogP contribution < -0.4 is 5.32 Å². The summed E-state index contributed by atoms with van der Waals surface area (Å²) in [5, 5.41) is 2.87. The number of hydrogen-bond donors (Lipinski definition) is 1. The number of rotatable bonds is 3. The van der Waals surface area contributed by atoms with Crippen LogP contribution in [-0.2, 0) is 19.1 Å². The fraction of sp³-hybridized carbons (Fsp3) is 0.444. The minimum atomic E-state index is -1.54. The first-order valence-corrected chi connectivity index (χ1v) is 8.42. The normalized spacial score (nSPS) is 21.8. The summed E-state index contributed by atoms with van der Waals surface area (Å²) in [6, 6.07) is 6.14. The molecule has 1 fully saturated rings. The molecule has 1 aromatic carbocycles. The van der Waals surface area contributed by atoms with E-state index in [1.807, 2.05) is 0 Å². The molecular weight excluding hydrogens is 356 g/mol. The van der Waals surface area contributed by atoms with Crippen molar-refractivity contribution in [2.24, 2.45) is 0 Å². The number of hydroxylamine groups is 2. The molecule has 144 valence electrons. The van der Waals surface area contributed by atoms with Crippen LogP contribution in [0.1, 0.15) is 47.9 Å². The number of hydrogen-bond acceptors (Lipinski definition) is 7. The maximum Gasteiger partial charge on any atom is 0.408 e. The van der Waals surface area contributed by atoms with Crippen molar-refractivity contribution < 1.29 is 33.5 Å². The first-order valence-electron chi connectivity index (χ1n) is 8.42. The van der Waals surface area contributed by atoms with Gasteiger partial charge in [-0.3, -0.25) is 9.59 Å². The zero-order valence-electron chi connectivity index (χ0n) is 15.2. The fourth-order valence-corrected chi connectivity index (χ4v) is 2.79. The van der Waals surface area contributed by atoms with Gasteiger partial charge in [0, 0.05) is 13.0 Å². The summed E-state index contributed by atoms with van der Waals surface area (Å²) in [5.74, 6) is -2.45. The van der Waals surface area contributed by atoms with E-state index in [0.717, 1.165) is 0 Å². The quantitative estimate of drug-likeness (QED) is 0.794. The number of carbonyl (C=O) groups is 4. The highest BCUT2D eigenvalue weighted by Crippen LogP contribution is 2.26. The Balaban J connectivity index is 1.76. The van der Waals surface area contributed by atoms with Gasteiger partial charge < -0.3 is 19.6 Å². The van der Waals surface area contributed by atoms with E-state index in [0.29, 0.717) is 5.06 Å². The molecule has 1 unspecified atom stereocenters. The van der Waals surface area contributed by atoms with Crippen molar-refractivity contribution >= 4 is 23.9 Å². The third-order valence-corrected chi connectivity index (χ3v) is 4.08. The van der Waals surface area contributed by atoms with Crippen LogP contribution in [0.3, 0.4) is 0 Å². The highest BCUT2D eigenvalue weighted by Gasteiger charge is 2.49. The largest absolute Gasteiger partial charge is 0.444 e. The predicted octanol–water partition coefficient (Wildman–Crippen LogP) is 1.42. The van der Waals surface area contributed by atoms with E-state index < -0.39 is 35.0 Å². The molecule has 0 aromatic heterocycles. The van der Waals surface area contributed by atoms with E-state index in [-0.39, 0.29) is 30.8 Å². The standard InChI is InChI=1S/C18H20N2O7/c1-17(2,3)26-16(24)19-18(8-9-25-10-18)15(23)27-20-13(21)11-6-4-5-7-12(11)14(20)22/h4-7H,8-10H2,1-3H3,(H,19,24). The van der Waals surface area contributed by atoms with Crippen LogP contribution in [0.5, 0.6) is 0 Å². The molecule has 0 saturated carbocycles. The van der Waals surface area contributed by atoms with E-state index in [4.69, 9.17) is 14.3 Å². The Morgan fingerprint density at radius 1 is 1.15 bits per heavy atom. The van der Waals surface area contributed by atoms with Crippen LogP contribution in [-0.4, -0.2) is 53.3 Å². The lowest BCUT2D eigenvalue weighted by atomic mass is 9.99. The number of imide groups is 1. The molecule has 1 N–H and O–H groups in total. The fourth-order valence-electron chi connectivity index (χ4n) is 2.79. The van der Waals surface area contributed by atoms with Crippen molar-refractivity contribution in [3.63, 3.8) is 0 Å². The van der Waals surface area contributed by atoms with E-state index in [1.165, 1.54) is 12.1 Å². The van der Waals surface area contributed by atoms with Crippen molar-refractivity contribution in [3.05, 3.63) is 35.4 Å². The highest BCUT2D eigenvalue weighted by atomic mass is 16.7. The molecule has 9 heteroatoms. The van der Waals surface area contributed by atoms with Crippen LogP contribution in [0, 0.1) is 0 Å². The van der Waals surface area contributed by atoms with Gasteiger partial charge in [-0.15, -0.1) is 0 Å². The summed E-state index contributed by atoms with van der Waals surface area (Å²) in [4.78, 5) is 54.7. The third-order valence-electron chi connectivity index (χ3n) is 4.08. The molecule has 2 aliphatic rings. The summed E-state index contributed by atoms with van der Waals surface area (Å²) in [7, 11) is 0. The summed E-state index contributed by atoms with van der Waals surface area (Å²) < 4.78 is 10.4. The van der Waals surface area contributed by atoms with Crippen molar-refractivity contribution in [1.29, 1.82) is 0 Å². The number of nitrogens with one attached hydrogen (secondary N) is 1. The van der Waals surface area contributed by atoms with Crippen LogP contribution in [0.15, 0.2) is 24.3 Å². The van der Waals surface area contributed by atoms with Gasteiger partial charge in [-0.05, 0) is 32.9 Å². The first kappa shape index (κ1) is 18.8. The maximum absolute atomic E-state index is 12.7. The SMILES string of the molecule is CC(C)(C)OC(=O)NC1(C(=O)ON2C(=O)c3ccccc3C2=O)CCOC1. The molecule has 3 rings (SSSR count). The van der Waals surface area contributed by atoms with Crippen molar-refractivity contribution in [2.45, 2.75) is 38.3 Å². The van der Waals surface area contributed by atoms with E-state index in [2.05, 4.69) is 5.32 Å². The first-order chi connectivity index (χ1) is 12.6. The van der Waals surface area contributed by atoms with Gasteiger partial charge in [-0.25, -0.2) is 9.59 Å². The lowest BCUT2D eigenvalue weighted by Gasteiger charge is -2.29. The van der Waals surface area contributed by atoms with Crippen LogP contribution >= 0.6 is 0 Å². The lowest BCUT2D eigenvalue weighted by Crippen LogP contribution is -2.58. The second kappa shape index (κ2) is 6.66. The Morgan fingerprint density at radius 3 is 2.22 bits per heavy atom. The summed E-state index contributed by atoms with van der Waals surface area (Å²) in [6.07, 6.45) is -0.707. The molecule has 9 nitrogen and oxygen atoms in total. The number of nitrogens with zero attached hydrogens (tertiary/aromatic N) is 1. The molecule has 0 aliphatic carbocycles. The Labute approximate surface area is 155 Å². The number of fused-ring (bicyclic) bond motifs is 1. The predicted molar refractivity (Wildman–Crippen MR) is 90.6 cm³/mol. The van der Waals surface area contributed by atoms with Gasteiger partial charge in [0.05, 0.1) is 17.7 Å². The minimum Gasteiger partial charge on any atom is -0.444 e. The second-order valence-corrected chi connectivity index (χ2v) is 7.34. The Bertz CT molecular complexity index is 771. The zero-order chi connectivity index (χ0) is 19.8. The number of amides is 3. The lowest BCUT2D eigenvalue weighted by molar-refractivity contribution is -0.176. The maximum atomic E-state index is 12.7. The second-order valence-electron chi connectivity index (χ2n) is 7.34. The summed E-state index contributed by atoms with van der Waals surface area (Å²) in [6.45, 7) is 5.09. The van der Waals surface area contributed by atoms with Gasteiger partial charge in [-0.1, -0.05) is 17.2 Å². The Morgan fingerprint density at radius 2 is 1.74 bits per heavy atom. The third kappa shape index (κ3) is 3.63. The Kier molecular flexibility index (Phi) is 4.64. The molecule has 1 aromatic rings. The number of alkyl carbamates (subject to hydrolysis) is 1. The molecule has 0 radical (unpaired) electrons. The average Bonchev–Trinajstić information content (AvgIpc) is 3.14. The molecular formula is C18H20N2O7. The van der Waals surface area contributed by atoms with Gasteiger partial charge in [0.2, 0.25) is 0 Å². The zero-order valence-corrected chi connectivity index (χ0v) is 15.2. The molecule has 2 aliphatic heterocycles. The Hall–Kier alpha value is -2.94. The smallest absolute Gasteiger partial charge is 0.408 e.